The first-order valence-corrected chi connectivity index (χ1v) is 9.10. The summed E-state index contributed by atoms with van der Waals surface area (Å²) in [6.45, 7) is 4.79. The number of benzene rings is 1. The highest BCUT2D eigenvalue weighted by Crippen LogP contribution is 2.12. The van der Waals surface area contributed by atoms with E-state index in [4.69, 9.17) is 0 Å². The third-order valence-electron chi connectivity index (χ3n) is 4.34. The largest absolute Gasteiger partial charge is 0.376 e. The lowest BCUT2D eigenvalue weighted by molar-refractivity contribution is -0.129. The van der Waals surface area contributed by atoms with Crippen LogP contribution in [0.4, 0.5) is 5.69 Å². The lowest BCUT2D eigenvalue weighted by atomic mass is 10.2. The number of unbranched alkanes of at least 4 members (excludes halogenated alkanes) is 1. The van der Waals surface area contributed by atoms with E-state index in [1.54, 1.807) is 12.1 Å². The Morgan fingerprint density at radius 2 is 1.88 bits per heavy atom. The molecular weight excluding hydrogens is 302 g/mol. The summed E-state index contributed by atoms with van der Waals surface area (Å²) in [4.78, 5) is 26.3. The number of nitrogens with one attached hydrogen (secondary N) is 2. The van der Waals surface area contributed by atoms with Gasteiger partial charge in [-0.1, -0.05) is 32.3 Å². The summed E-state index contributed by atoms with van der Waals surface area (Å²) < 4.78 is 0. The third-order valence-corrected chi connectivity index (χ3v) is 4.34. The second-order valence-corrected chi connectivity index (χ2v) is 6.34. The molecule has 1 aliphatic rings. The van der Waals surface area contributed by atoms with Gasteiger partial charge in [-0.05, 0) is 37.5 Å². The Kier molecular flexibility index (Phi) is 7.59. The van der Waals surface area contributed by atoms with Crippen LogP contribution in [-0.2, 0) is 4.79 Å². The fourth-order valence-corrected chi connectivity index (χ4v) is 2.86. The quantitative estimate of drug-likeness (QED) is 0.755. The number of rotatable bonds is 7. The van der Waals surface area contributed by atoms with Gasteiger partial charge in [0.25, 0.3) is 5.91 Å². The van der Waals surface area contributed by atoms with Crippen LogP contribution < -0.4 is 10.6 Å². The second kappa shape index (κ2) is 9.96. The molecule has 2 amide bonds. The van der Waals surface area contributed by atoms with Crippen LogP contribution in [0.1, 0.15) is 55.8 Å². The minimum atomic E-state index is -0.0639. The Labute approximate surface area is 144 Å². The van der Waals surface area contributed by atoms with Gasteiger partial charge in [-0.15, -0.1) is 0 Å². The van der Waals surface area contributed by atoms with Crippen molar-refractivity contribution in [2.24, 2.45) is 0 Å². The van der Waals surface area contributed by atoms with E-state index in [2.05, 4.69) is 17.6 Å². The summed E-state index contributed by atoms with van der Waals surface area (Å²) >= 11 is 0. The van der Waals surface area contributed by atoms with Gasteiger partial charge in [-0.2, -0.15) is 0 Å². The summed E-state index contributed by atoms with van der Waals surface area (Å²) in [5, 5.41) is 6.06. The Morgan fingerprint density at radius 3 is 2.58 bits per heavy atom. The van der Waals surface area contributed by atoms with Crippen LogP contribution >= 0.6 is 0 Å². The standard InChI is InChI=1S/C19H29N3O2/c1-2-3-11-20-19(24)16-9-8-10-17(14-16)21-15-18(23)22-12-6-4-5-7-13-22/h8-10,14,21H,2-7,11-13,15H2,1H3,(H,20,24). The fraction of sp³-hybridized carbons (Fsp3) is 0.579. The highest BCUT2D eigenvalue weighted by molar-refractivity contribution is 5.95. The number of carbonyl (C=O) groups is 2. The number of anilines is 1. The van der Waals surface area contributed by atoms with Gasteiger partial charge in [0.05, 0.1) is 6.54 Å². The van der Waals surface area contributed by atoms with Crippen molar-refractivity contribution in [3.05, 3.63) is 29.8 Å². The first-order valence-electron chi connectivity index (χ1n) is 9.10. The molecule has 5 heteroatoms. The van der Waals surface area contributed by atoms with Crippen LogP contribution in [0.3, 0.4) is 0 Å². The van der Waals surface area contributed by atoms with Crippen LogP contribution in [0.25, 0.3) is 0 Å². The predicted octanol–water partition coefficient (Wildman–Crippen LogP) is 3.03. The van der Waals surface area contributed by atoms with E-state index < -0.39 is 0 Å². The molecule has 0 spiro atoms. The van der Waals surface area contributed by atoms with Crippen molar-refractivity contribution in [3.8, 4) is 0 Å². The van der Waals surface area contributed by atoms with E-state index >= 15 is 0 Å². The van der Waals surface area contributed by atoms with Crippen LogP contribution in [0, 0.1) is 0 Å². The summed E-state index contributed by atoms with van der Waals surface area (Å²) in [7, 11) is 0. The van der Waals surface area contributed by atoms with Gasteiger partial charge < -0.3 is 15.5 Å². The highest BCUT2D eigenvalue weighted by atomic mass is 16.2. The van der Waals surface area contributed by atoms with E-state index in [0.29, 0.717) is 12.1 Å². The van der Waals surface area contributed by atoms with Crippen molar-refractivity contribution in [2.75, 3.05) is 31.5 Å². The zero-order chi connectivity index (χ0) is 17.2. The Morgan fingerprint density at radius 1 is 1.12 bits per heavy atom. The van der Waals surface area contributed by atoms with Gasteiger partial charge in [-0.3, -0.25) is 9.59 Å². The number of hydrogen-bond donors (Lipinski definition) is 2. The number of likely N-dealkylation sites (tertiary alicyclic amines) is 1. The third kappa shape index (κ3) is 5.87. The first kappa shape index (κ1) is 18.3. The monoisotopic (exact) mass is 331 g/mol. The molecule has 0 aliphatic carbocycles. The molecule has 0 bridgehead atoms. The van der Waals surface area contributed by atoms with Gasteiger partial charge >= 0.3 is 0 Å². The van der Waals surface area contributed by atoms with Crippen molar-refractivity contribution < 1.29 is 9.59 Å². The summed E-state index contributed by atoms with van der Waals surface area (Å²) in [5.74, 6) is 0.0700. The molecule has 0 atom stereocenters. The minimum Gasteiger partial charge on any atom is -0.376 e. The topological polar surface area (TPSA) is 61.4 Å². The summed E-state index contributed by atoms with van der Waals surface area (Å²) in [6.07, 6.45) is 6.66. The van der Waals surface area contributed by atoms with E-state index in [9.17, 15) is 9.59 Å². The molecule has 0 saturated carbocycles. The molecule has 24 heavy (non-hydrogen) atoms. The van der Waals surface area contributed by atoms with E-state index in [1.165, 1.54) is 12.8 Å². The van der Waals surface area contributed by atoms with Gasteiger partial charge in [0.15, 0.2) is 0 Å². The van der Waals surface area contributed by atoms with Crippen molar-refractivity contribution >= 4 is 17.5 Å². The van der Waals surface area contributed by atoms with Crippen molar-refractivity contribution in [3.63, 3.8) is 0 Å². The molecule has 2 rings (SSSR count). The van der Waals surface area contributed by atoms with Crippen LogP contribution in [0.5, 0.6) is 0 Å². The molecule has 0 radical (unpaired) electrons. The zero-order valence-corrected chi connectivity index (χ0v) is 14.6. The highest BCUT2D eigenvalue weighted by Gasteiger charge is 2.15. The van der Waals surface area contributed by atoms with Gasteiger partial charge in [0.1, 0.15) is 0 Å². The lowest BCUT2D eigenvalue weighted by Crippen LogP contribution is -2.36. The van der Waals surface area contributed by atoms with Crippen molar-refractivity contribution in [1.82, 2.24) is 10.2 Å². The summed E-state index contributed by atoms with van der Waals surface area (Å²) in [5.41, 5.74) is 1.43. The molecule has 0 aromatic heterocycles. The van der Waals surface area contributed by atoms with Gasteiger partial charge in [0, 0.05) is 30.9 Å². The smallest absolute Gasteiger partial charge is 0.251 e. The number of amides is 2. The van der Waals surface area contributed by atoms with Crippen molar-refractivity contribution in [2.45, 2.75) is 45.4 Å². The molecule has 5 nitrogen and oxygen atoms in total. The fourth-order valence-electron chi connectivity index (χ4n) is 2.86. The number of carbonyl (C=O) groups excluding carboxylic acids is 2. The van der Waals surface area contributed by atoms with Crippen molar-refractivity contribution in [1.29, 1.82) is 0 Å². The maximum Gasteiger partial charge on any atom is 0.251 e. The maximum atomic E-state index is 12.3. The lowest BCUT2D eigenvalue weighted by Gasteiger charge is -2.20. The van der Waals surface area contributed by atoms with E-state index in [-0.39, 0.29) is 18.4 Å². The average molecular weight is 331 g/mol. The molecule has 1 aromatic carbocycles. The molecular formula is C19H29N3O2. The number of nitrogens with zero attached hydrogens (tertiary/aromatic N) is 1. The summed E-state index contributed by atoms with van der Waals surface area (Å²) in [6, 6.07) is 7.33. The molecule has 1 heterocycles. The minimum absolute atomic E-state index is 0.0639. The SMILES string of the molecule is CCCCNC(=O)c1cccc(NCC(=O)N2CCCCCC2)c1. The average Bonchev–Trinajstić information content (AvgIpc) is 2.89. The first-order chi connectivity index (χ1) is 11.7. The van der Waals surface area contributed by atoms with E-state index in [0.717, 1.165) is 44.5 Å². The predicted molar refractivity (Wildman–Crippen MR) is 97.2 cm³/mol. The van der Waals surface area contributed by atoms with E-state index in [1.807, 2.05) is 17.0 Å². The zero-order valence-electron chi connectivity index (χ0n) is 14.6. The van der Waals surface area contributed by atoms with Gasteiger partial charge in [0.2, 0.25) is 5.91 Å². The van der Waals surface area contributed by atoms with Crippen LogP contribution in [0.2, 0.25) is 0 Å². The maximum absolute atomic E-state index is 12.3. The van der Waals surface area contributed by atoms with Gasteiger partial charge in [-0.25, -0.2) is 0 Å². The molecule has 1 fully saturated rings. The molecule has 0 unspecified atom stereocenters. The van der Waals surface area contributed by atoms with Crippen LogP contribution in [-0.4, -0.2) is 42.9 Å². The molecule has 1 saturated heterocycles. The molecule has 2 N–H and O–H groups in total. The Balaban J connectivity index is 1.84. The normalized spacial score (nSPS) is 14.8. The molecule has 1 aliphatic heterocycles. The Hall–Kier alpha value is -2.04. The number of hydrogen-bond acceptors (Lipinski definition) is 3. The van der Waals surface area contributed by atoms with Crippen LogP contribution in [0.15, 0.2) is 24.3 Å². The molecule has 1 aromatic rings. The Bertz CT molecular complexity index is 537. The second-order valence-electron chi connectivity index (χ2n) is 6.34. The molecule has 132 valence electrons.